The smallest absolute Gasteiger partial charge is 0.270 e. The summed E-state index contributed by atoms with van der Waals surface area (Å²) in [6, 6.07) is 11.5. The second-order valence-corrected chi connectivity index (χ2v) is 5.50. The predicted octanol–water partition coefficient (Wildman–Crippen LogP) is 2.15. The number of ether oxygens (including phenoxy) is 1. The number of benzene rings is 1. The first-order chi connectivity index (χ1) is 11.2. The molecule has 1 unspecified atom stereocenters. The van der Waals surface area contributed by atoms with Crippen molar-refractivity contribution >= 4 is 17.4 Å². The molecule has 120 valence electrons. The van der Waals surface area contributed by atoms with E-state index in [-0.39, 0.29) is 12.0 Å². The summed E-state index contributed by atoms with van der Waals surface area (Å²) in [6.07, 6.45) is 3.58. The molecule has 1 N–H and O–H groups in total. The second-order valence-electron chi connectivity index (χ2n) is 5.50. The number of nitrogens with zero attached hydrogens (tertiary/aromatic N) is 3. The zero-order valence-electron chi connectivity index (χ0n) is 13.1. The van der Waals surface area contributed by atoms with Gasteiger partial charge in [0.15, 0.2) is 0 Å². The van der Waals surface area contributed by atoms with Crippen LogP contribution >= 0.6 is 0 Å². The van der Waals surface area contributed by atoms with E-state index in [4.69, 9.17) is 4.74 Å². The Kier molecular flexibility index (Phi) is 4.83. The highest BCUT2D eigenvalue weighted by atomic mass is 16.5. The highest BCUT2D eigenvalue weighted by Gasteiger charge is 2.17. The number of hydrogen-bond donors (Lipinski definition) is 1. The van der Waals surface area contributed by atoms with Gasteiger partial charge in [0.05, 0.1) is 6.10 Å². The SMILES string of the molecule is CN(c1ccccc1)c1cc(C(=O)NCC2CCCO2)ncn1. The predicted molar refractivity (Wildman–Crippen MR) is 87.8 cm³/mol. The number of aromatic nitrogens is 2. The number of carbonyl (C=O) groups excluding carboxylic acids is 1. The van der Waals surface area contributed by atoms with E-state index in [1.807, 2.05) is 42.3 Å². The first kappa shape index (κ1) is 15.4. The maximum Gasteiger partial charge on any atom is 0.270 e. The molecule has 1 aliphatic heterocycles. The number of amides is 1. The molecule has 1 aromatic heterocycles. The van der Waals surface area contributed by atoms with Crippen LogP contribution in [0.4, 0.5) is 11.5 Å². The van der Waals surface area contributed by atoms with Crippen LogP contribution in [0.15, 0.2) is 42.7 Å². The largest absolute Gasteiger partial charge is 0.376 e. The molecular formula is C17H20N4O2. The van der Waals surface area contributed by atoms with E-state index in [0.717, 1.165) is 25.1 Å². The molecule has 1 aliphatic rings. The van der Waals surface area contributed by atoms with E-state index in [2.05, 4.69) is 15.3 Å². The van der Waals surface area contributed by atoms with Crippen molar-refractivity contribution in [2.45, 2.75) is 18.9 Å². The molecule has 1 fully saturated rings. The van der Waals surface area contributed by atoms with Crippen LogP contribution in [0.25, 0.3) is 0 Å². The summed E-state index contributed by atoms with van der Waals surface area (Å²) in [6.45, 7) is 1.30. The van der Waals surface area contributed by atoms with E-state index in [0.29, 0.717) is 18.1 Å². The molecule has 2 aromatic rings. The minimum absolute atomic E-state index is 0.118. The van der Waals surface area contributed by atoms with Crippen LogP contribution in [0.3, 0.4) is 0 Å². The summed E-state index contributed by atoms with van der Waals surface area (Å²) in [7, 11) is 1.91. The Morgan fingerprint density at radius 1 is 1.35 bits per heavy atom. The Labute approximate surface area is 135 Å². The second kappa shape index (κ2) is 7.19. The zero-order chi connectivity index (χ0) is 16.1. The van der Waals surface area contributed by atoms with Crippen molar-refractivity contribution in [1.29, 1.82) is 0 Å². The lowest BCUT2D eigenvalue weighted by molar-refractivity contribution is 0.0853. The fourth-order valence-electron chi connectivity index (χ4n) is 2.54. The Morgan fingerprint density at radius 3 is 2.91 bits per heavy atom. The number of nitrogens with one attached hydrogen (secondary N) is 1. The first-order valence-electron chi connectivity index (χ1n) is 7.74. The summed E-state index contributed by atoms with van der Waals surface area (Å²) in [5.74, 6) is 0.471. The number of rotatable bonds is 5. The molecular weight excluding hydrogens is 292 g/mol. The van der Waals surface area contributed by atoms with Crippen molar-refractivity contribution in [1.82, 2.24) is 15.3 Å². The number of hydrogen-bond acceptors (Lipinski definition) is 5. The van der Waals surface area contributed by atoms with Crippen LogP contribution in [-0.2, 0) is 4.74 Å². The van der Waals surface area contributed by atoms with Crippen LogP contribution in [0.2, 0.25) is 0 Å². The van der Waals surface area contributed by atoms with Crippen LogP contribution in [0, 0.1) is 0 Å². The van der Waals surface area contributed by atoms with Crippen molar-refractivity contribution < 1.29 is 9.53 Å². The van der Waals surface area contributed by atoms with E-state index < -0.39 is 0 Å². The molecule has 1 atom stereocenters. The van der Waals surface area contributed by atoms with E-state index in [9.17, 15) is 4.79 Å². The highest BCUT2D eigenvalue weighted by molar-refractivity contribution is 5.93. The summed E-state index contributed by atoms with van der Waals surface area (Å²) in [5, 5.41) is 2.87. The molecule has 1 amide bonds. The van der Waals surface area contributed by atoms with Crippen molar-refractivity contribution in [2.24, 2.45) is 0 Å². The van der Waals surface area contributed by atoms with Gasteiger partial charge in [0.1, 0.15) is 17.8 Å². The van der Waals surface area contributed by atoms with Gasteiger partial charge in [-0.25, -0.2) is 9.97 Å². The molecule has 0 bridgehead atoms. The van der Waals surface area contributed by atoms with Gasteiger partial charge in [-0.05, 0) is 25.0 Å². The first-order valence-corrected chi connectivity index (χ1v) is 7.74. The van der Waals surface area contributed by atoms with Crippen LogP contribution < -0.4 is 10.2 Å². The van der Waals surface area contributed by atoms with Gasteiger partial charge in [-0.1, -0.05) is 18.2 Å². The Balaban J connectivity index is 1.67. The average molecular weight is 312 g/mol. The third kappa shape index (κ3) is 3.84. The fourth-order valence-corrected chi connectivity index (χ4v) is 2.54. The fraction of sp³-hybridized carbons (Fsp3) is 0.353. The van der Waals surface area contributed by atoms with Gasteiger partial charge in [-0.15, -0.1) is 0 Å². The minimum atomic E-state index is -0.203. The molecule has 0 radical (unpaired) electrons. The molecule has 23 heavy (non-hydrogen) atoms. The Bertz CT molecular complexity index is 657. The van der Waals surface area contributed by atoms with Gasteiger partial charge in [0.25, 0.3) is 5.91 Å². The van der Waals surface area contributed by atoms with Crippen LogP contribution in [-0.4, -0.2) is 42.2 Å². The summed E-state index contributed by atoms with van der Waals surface area (Å²) < 4.78 is 5.50. The maximum absolute atomic E-state index is 12.2. The molecule has 6 nitrogen and oxygen atoms in total. The number of para-hydroxylation sites is 1. The Hall–Kier alpha value is -2.47. The Morgan fingerprint density at radius 2 is 2.17 bits per heavy atom. The lowest BCUT2D eigenvalue weighted by Gasteiger charge is -2.18. The van der Waals surface area contributed by atoms with Crippen molar-refractivity contribution in [2.75, 3.05) is 25.1 Å². The molecule has 2 heterocycles. The van der Waals surface area contributed by atoms with E-state index in [1.54, 1.807) is 6.07 Å². The molecule has 6 heteroatoms. The lowest BCUT2D eigenvalue weighted by Crippen LogP contribution is -2.32. The van der Waals surface area contributed by atoms with Crippen LogP contribution in [0.5, 0.6) is 0 Å². The third-order valence-corrected chi connectivity index (χ3v) is 3.89. The monoisotopic (exact) mass is 312 g/mol. The maximum atomic E-state index is 12.2. The number of anilines is 2. The lowest BCUT2D eigenvalue weighted by atomic mass is 10.2. The summed E-state index contributed by atoms with van der Waals surface area (Å²) in [5.41, 5.74) is 1.35. The molecule has 1 saturated heterocycles. The van der Waals surface area contributed by atoms with Gasteiger partial charge in [-0.2, -0.15) is 0 Å². The summed E-state index contributed by atoms with van der Waals surface area (Å²) >= 11 is 0. The van der Waals surface area contributed by atoms with E-state index >= 15 is 0 Å². The molecule has 0 spiro atoms. The summed E-state index contributed by atoms with van der Waals surface area (Å²) in [4.78, 5) is 22.5. The molecule has 3 rings (SSSR count). The third-order valence-electron chi connectivity index (χ3n) is 3.89. The van der Waals surface area contributed by atoms with Crippen LogP contribution in [0.1, 0.15) is 23.3 Å². The van der Waals surface area contributed by atoms with Gasteiger partial charge < -0.3 is 15.0 Å². The van der Waals surface area contributed by atoms with Gasteiger partial charge in [0, 0.05) is 32.0 Å². The standard InChI is InChI=1S/C17H20N4O2/c1-21(13-6-3-2-4-7-13)16-10-15(19-12-20-16)17(22)18-11-14-8-5-9-23-14/h2-4,6-7,10,12,14H,5,8-9,11H2,1H3,(H,18,22). The average Bonchev–Trinajstić information content (AvgIpc) is 3.13. The van der Waals surface area contributed by atoms with Crippen molar-refractivity contribution in [3.05, 3.63) is 48.4 Å². The zero-order valence-corrected chi connectivity index (χ0v) is 13.1. The van der Waals surface area contributed by atoms with Crippen molar-refractivity contribution in [3.63, 3.8) is 0 Å². The molecule has 1 aromatic carbocycles. The van der Waals surface area contributed by atoms with Gasteiger partial charge >= 0.3 is 0 Å². The quantitative estimate of drug-likeness (QED) is 0.916. The topological polar surface area (TPSA) is 67.4 Å². The molecule has 0 saturated carbocycles. The van der Waals surface area contributed by atoms with Gasteiger partial charge in [0.2, 0.25) is 0 Å². The highest BCUT2D eigenvalue weighted by Crippen LogP contribution is 2.20. The normalized spacial score (nSPS) is 17.0. The van der Waals surface area contributed by atoms with Gasteiger partial charge in [-0.3, -0.25) is 4.79 Å². The van der Waals surface area contributed by atoms with Crippen molar-refractivity contribution in [3.8, 4) is 0 Å². The van der Waals surface area contributed by atoms with E-state index in [1.165, 1.54) is 6.33 Å². The minimum Gasteiger partial charge on any atom is -0.376 e. The molecule has 0 aliphatic carbocycles. The number of carbonyl (C=O) groups is 1.